The van der Waals surface area contributed by atoms with Crippen LogP contribution in [-0.4, -0.2) is 33.3 Å². The number of nitrogens with one attached hydrogen (secondary N) is 3. The zero-order valence-electron chi connectivity index (χ0n) is 14.9. The largest absolute Gasteiger partial charge is 0.358 e. The van der Waals surface area contributed by atoms with Gasteiger partial charge in [-0.15, -0.1) is 0 Å². The first-order valence-corrected chi connectivity index (χ1v) is 9.19. The molecule has 2 aromatic heterocycles. The maximum Gasteiger partial charge on any atom is 0.253 e. The summed E-state index contributed by atoms with van der Waals surface area (Å²) in [5.41, 5.74) is 5.46. The molecule has 2 aliphatic rings. The Morgan fingerprint density at radius 3 is 2.85 bits per heavy atom. The summed E-state index contributed by atoms with van der Waals surface area (Å²) >= 11 is 0. The van der Waals surface area contributed by atoms with Crippen molar-refractivity contribution in [3.63, 3.8) is 0 Å². The van der Waals surface area contributed by atoms with Gasteiger partial charge in [-0.2, -0.15) is 0 Å². The van der Waals surface area contributed by atoms with Crippen molar-refractivity contribution >= 4 is 28.7 Å². The smallest absolute Gasteiger partial charge is 0.253 e. The van der Waals surface area contributed by atoms with Crippen molar-refractivity contribution in [1.29, 1.82) is 0 Å². The molecule has 136 valence electrons. The lowest BCUT2D eigenvalue weighted by Crippen LogP contribution is -2.31. The van der Waals surface area contributed by atoms with Gasteiger partial charge in [0, 0.05) is 35.8 Å². The molecule has 7 nitrogen and oxygen atoms in total. The first-order valence-electron chi connectivity index (χ1n) is 9.19. The molecule has 0 spiro atoms. The molecule has 3 N–H and O–H groups in total. The highest BCUT2D eigenvalue weighted by atomic mass is 16.2. The topological polar surface area (TPSA) is 99.8 Å². The molecule has 2 amide bonds. The van der Waals surface area contributed by atoms with Crippen molar-refractivity contribution in [2.24, 2.45) is 5.92 Å². The number of nitrogens with zero attached hydrogens (tertiary/aromatic N) is 2. The molecular formula is C20H19N5O2. The molecular weight excluding hydrogens is 342 g/mol. The molecule has 5 rings (SSSR count). The van der Waals surface area contributed by atoms with Crippen LogP contribution in [0, 0.1) is 12.8 Å². The summed E-state index contributed by atoms with van der Waals surface area (Å²) in [6.45, 7) is 2.48. The number of amides is 2. The molecule has 1 aliphatic heterocycles. The monoisotopic (exact) mass is 361 g/mol. The predicted molar refractivity (Wildman–Crippen MR) is 101 cm³/mol. The van der Waals surface area contributed by atoms with Gasteiger partial charge in [0.25, 0.3) is 5.91 Å². The highest BCUT2D eigenvalue weighted by Gasteiger charge is 2.30. The van der Waals surface area contributed by atoms with E-state index >= 15 is 0 Å². The van der Waals surface area contributed by atoms with E-state index in [1.54, 1.807) is 0 Å². The zero-order valence-corrected chi connectivity index (χ0v) is 14.9. The molecule has 1 aliphatic carbocycles. The maximum absolute atomic E-state index is 12.2. The second kappa shape index (κ2) is 5.90. The van der Waals surface area contributed by atoms with Gasteiger partial charge >= 0.3 is 0 Å². The normalized spacial score (nSPS) is 16.1. The Balaban J connectivity index is 1.62. The summed E-state index contributed by atoms with van der Waals surface area (Å²) in [5.74, 6) is 0.557. The Labute approximate surface area is 155 Å². The van der Waals surface area contributed by atoms with Gasteiger partial charge in [-0.3, -0.25) is 9.59 Å². The number of fused-ring (bicyclic) bond motifs is 2. The van der Waals surface area contributed by atoms with Gasteiger partial charge in [0.15, 0.2) is 5.82 Å². The van der Waals surface area contributed by atoms with Crippen LogP contribution in [0.15, 0.2) is 24.3 Å². The van der Waals surface area contributed by atoms with Gasteiger partial charge in [0.05, 0.1) is 16.8 Å². The van der Waals surface area contributed by atoms with Crippen molar-refractivity contribution < 1.29 is 9.59 Å². The number of hydrogen-bond acceptors (Lipinski definition) is 4. The summed E-state index contributed by atoms with van der Waals surface area (Å²) in [5, 5.41) is 5.77. The Morgan fingerprint density at radius 1 is 1.22 bits per heavy atom. The number of aryl methyl sites for hydroxylation is 1. The van der Waals surface area contributed by atoms with E-state index in [-0.39, 0.29) is 17.7 Å². The van der Waals surface area contributed by atoms with E-state index in [0.717, 1.165) is 41.7 Å². The van der Waals surface area contributed by atoms with Crippen LogP contribution in [0.4, 0.5) is 5.82 Å². The Bertz CT molecular complexity index is 1100. The lowest BCUT2D eigenvalue weighted by Gasteiger charge is -2.11. The number of anilines is 1. The number of rotatable bonds is 3. The van der Waals surface area contributed by atoms with Crippen molar-refractivity contribution in [3.8, 4) is 11.3 Å². The average Bonchev–Trinajstić information content (AvgIpc) is 3.41. The molecule has 0 unspecified atom stereocenters. The number of benzene rings is 1. The Morgan fingerprint density at radius 2 is 2.07 bits per heavy atom. The van der Waals surface area contributed by atoms with E-state index in [1.165, 1.54) is 0 Å². The van der Waals surface area contributed by atoms with E-state index in [4.69, 9.17) is 4.98 Å². The number of carbonyl (C=O) groups excluding carboxylic acids is 2. The summed E-state index contributed by atoms with van der Waals surface area (Å²) in [6.07, 6.45) is 2.65. The van der Waals surface area contributed by atoms with Gasteiger partial charge in [-0.25, -0.2) is 9.97 Å². The zero-order chi connectivity index (χ0) is 18.5. The maximum atomic E-state index is 12.2. The lowest BCUT2D eigenvalue weighted by atomic mass is 10.1. The van der Waals surface area contributed by atoms with Gasteiger partial charge in [-0.05, 0) is 31.9 Å². The Hall–Kier alpha value is -3.22. The third kappa shape index (κ3) is 2.75. The first-order chi connectivity index (χ1) is 13.1. The summed E-state index contributed by atoms with van der Waals surface area (Å²) in [4.78, 5) is 36.9. The van der Waals surface area contributed by atoms with Crippen LogP contribution in [0.25, 0.3) is 22.3 Å². The van der Waals surface area contributed by atoms with Crippen molar-refractivity contribution in [2.75, 3.05) is 11.9 Å². The molecule has 3 aromatic rings. The van der Waals surface area contributed by atoms with Gasteiger partial charge < -0.3 is 15.6 Å². The highest BCUT2D eigenvalue weighted by molar-refractivity contribution is 6.00. The average molecular weight is 361 g/mol. The van der Waals surface area contributed by atoms with Crippen LogP contribution in [0.5, 0.6) is 0 Å². The molecule has 0 atom stereocenters. The number of para-hydroxylation sites is 1. The molecule has 0 radical (unpaired) electrons. The first kappa shape index (κ1) is 16.0. The van der Waals surface area contributed by atoms with Crippen molar-refractivity contribution in [1.82, 2.24) is 20.3 Å². The van der Waals surface area contributed by atoms with E-state index in [9.17, 15) is 9.59 Å². The number of aromatic nitrogens is 3. The number of carbonyl (C=O) groups is 2. The van der Waals surface area contributed by atoms with Crippen molar-refractivity contribution in [3.05, 3.63) is 41.2 Å². The lowest BCUT2D eigenvalue weighted by molar-refractivity contribution is -0.117. The SMILES string of the molecule is Cc1nc2cccc(-c3cc4c([nH]3)CCNC4=O)c2nc1NC(=O)C1CC1. The summed E-state index contributed by atoms with van der Waals surface area (Å²) < 4.78 is 0. The predicted octanol–water partition coefficient (Wildman–Crippen LogP) is 2.57. The van der Waals surface area contributed by atoms with Crippen LogP contribution in [0.3, 0.4) is 0 Å². The summed E-state index contributed by atoms with van der Waals surface area (Å²) in [6, 6.07) is 7.64. The van der Waals surface area contributed by atoms with E-state index in [0.29, 0.717) is 29.1 Å². The highest BCUT2D eigenvalue weighted by Crippen LogP contribution is 2.32. The number of H-pyrrole nitrogens is 1. The van der Waals surface area contributed by atoms with Crippen LogP contribution in [-0.2, 0) is 11.2 Å². The molecule has 0 bridgehead atoms. The minimum Gasteiger partial charge on any atom is -0.358 e. The molecule has 1 aromatic carbocycles. The van der Waals surface area contributed by atoms with E-state index in [2.05, 4.69) is 20.6 Å². The van der Waals surface area contributed by atoms with Crippen LogP contribution >= 0.6 is 0 Å². The Kier molecular flexibility index (Phi) is 3.50. The van der Waals surface area contributed by atoms with Gasteiger partial charge in [0.2, 0.25) is 5.91 Å². The molecule has 7 heteroatoms. The summed E-state index contributed by atoms with van der Waals surface area (Å²) in [7, 11) is 0. The fourth-order valence-electron chi connectivity index (χ4n) is 3.50. The third-order valence-corrected chi connectivity index (χ3v) is 5.15. The van der Waals surface area contributed by atoms with Crippen LogP contribution in [0.1, 0.15) is 34.6 Å². The minimum absolute atomic E-state index is 0.0104. The van der Waals surface area contributed by atoms with E-state index in [1.807, 2.05) is 31.2 Å². The van der Waals surface area contributed by atoms with Crippen LogP contribution in [0.2, 0.25) is 0 Å². The number of hydrogen-bond donors (Lipinski definition) is 3. The van der Waals surface area contributed by atoms with Crippen LogP contribution < -0.4 is 10.6 Å². The van der Waals surface area contributed by atoms with E-state index < -0.39 is 0 Å². The quantitative estimate of drug-likeness (QED) is 0.667. The molecule has 0 saturated heterocycles. The number of aromatic amines is 1. The van der Waals surface area contributed by atoms with Gasteiger partial charge in [0.1, 0.15) is 5.52 Å². The fourth-order valence-corrected chi connectivity index (χ4v) is 3.50. The molecule has 1 saturated carbocycles. The fraction of sp³-hybridized carbons (Fsp3) is 0.300. The van der Waals surface area contributed by atoms with Gasteiger partial charge in [-0.1, -0.05) is 12.1 Å². The third-order valence-electron chi connectivity index (χ3n) is 5.15. The van der Waals surface area contributed by atoms with Crippen molar-refractivity contribution in [2.45, 2.75) is 26.2 Å². The standard InChI is InChI=1S/C20H19N5O2/c1-10-18(25-19(26)11-5-6-11)24-17-12(3-2-4-15(17)22-10)16-9-13-14(23-16)7-8-21-20(13)27/h2-4,9,11,23H,5-8H2,1H3,(H,21,27)(H,24,25,26). The minimum atomic E-state index is -0.0571. The second-order valence-electron chi connectivity index (χ2n) is 7.18. The molecule has 27 heavy (non-hydrogen) atoms. The second-order valence-corrected chi connectivity index (χ2v) is 7.18. The molecule has 3 heterocycles. The molecule has 1 fully saturated rings.